The second kappa shape index (κ2) is 7.53. The average Bonchev–Trinajstić information content (AvgIpc) is 2.32. The molecule has 0 aromatic heterocycles. The predicted octanol–water partition coefficient (Wildman–Crippen LogP) is 2.91. The molecule has 0 unspecified atom stereocenters. The summed E-state index contributed by atoms with van der Waals surface area (Å²) in [6, 6.07) is 6.25. The molecule has 92 valence electrons. The van der Waals surface area contributed by atoms with Crippen molar-refractivity contribution in [3.63, 3.8) is 0 Å². The van der Waals surface area contributed by atoms with Crippen LogP contribution in [0.1, 0.15) is 24.5 Å². The van der Waals surface area contributed by atoms with Crippen molar-refractivity contribution in [3.05, 3.63) is 35.1 Å². The van der Waals surface area contributed by atoms with Gasteiger partial charge in [0.25, 0.3) is 0 Å². The van der Waals surface area contributed by atoms with Gasteiger partial charge in [0.15, 0.2) is 5.12 Å². The Bertz CT molecular complexity index is 537. The van der Waals surface area contributed by atoms with Crippen LogP contribution in [0.25, 0.3) is 0 Å². The van der Waals surface area contributed by atoms with Crippen molar-refractivity contribution in [2.45, 2.75) is 19.8 Å². The molecule has 1 aromatic rings. The highest BCUT2D eigenvalue weighted by molar-refractivity contribution is 8.13. The van der Waals surface area contributed by atoms with Gasteiger partial charge in [0.05, 0.1) is 12.5 Å². The van der Waals surface area contributed by atoms with Crippen molar-refractivity contribution in [2.75, 3.05) is 5.75 Å². The van der Waals surface area contributed by atoms with Gasteiger partial charge in [-0.3, -0.25) is 4.79 Å². The third-order valence-electron chi connectivity index (χ3n) is 2.10. The summed E-state index contributed by atoms with van der Waals surface area (Å²) in [5.41, 5.74) is 1.27. The summed E-state index contributed by atoms with van der Waals surface area (Å²) in [6.45, 7) is 1.51. The van der Waals surface area contributed by atoms with Gasteiger partial charge in [-0.15, -0.1) is 0 Å². The highest BCUT2D eigenvalue weighted by atomic mass is 32.2. The second-order valence-corrected chi connectivity index (χ2v) is 4.80. The highest BCUT2D eigenvalue weighted by Crippen LogP contribution is 2.11. The van der Waals surface area contributed by atoms with E-state index in [1.165, 1.54) is 30.8 Å². The van der Waals surface area contributed by atoms with Gasteiger partial charge in [-0.25, -0.2) is 4.39 Å². The Balaban J connectivity index is 2.71. The molecule has 0 aliphatic rings. The first-order valence-electron chi connectivity index (χ1n) is 5.41. The number of halogens is 1. The lowest BCUT2D eigenvalue weighted by atomic mass is 10.1. The van der Waals surface area contributed by atoms with Gasteiger partial charge in [-0.05, 0) is 17.7 Å². The van der Waals surface area contributed by atoms with E-state index in [9.17, 15) is 9.18 Å². The predicted molar refractivity (Wildman–Crippen MR) is 70.4 cm³/mol. The molecule has 0 aliphatic heterocycles. The van der Waals surface area contributed by atoms with Gasteiger partial charge in [0.2, 0.25) is 0 Å². The van der Waals surface area contributed by atoms with Crippen LogP contribution in [0, 0.1) is 29.0 Å². The molecule has 4 heteroatoms. The first-order chi connectivity index (χ1) is 8.63. The molecule has 1 rings (SSSR count). The van der Waals surface area contributed by atoms with Crippen LogP contribution in [0.15, 0.2) is 18.2 Å². The van der Waals surface area contributed by atoms with Crippen molar-refractivity contribution >= 4 is 16.9 Å². The lowest BCUT2D eigenvalue weighted by Gasteiger charge is -1.99. The van der Waals surface area contributed by atoms with E-state index in [1.54, 1.807) is 6.07 Å². The minimum atomic E-state index is -0.362. The topological polar surface area (TPSA) is 40.9 Å². The van der Waals surface area contributed by atoms with E-state index in [1.807, 2.05) is 6.07 Å². The van der Waals surface area contributed by atoms with E-state index in [0.717, 1.165) is 5.56 Å². The third-order valence-corrected chi connectivity index (χ3v) is 2.91. The quantitative estimate of drug-likeness (QED) is 0.620. The molecule has 2 nitrogen and oxygen atoms in total. The zero-order valence-corrected chi connectivity index (χ0v) is 10.8. The largest absolute Gasteiger partial charge is 0.288 e. The van der Waals surface area contributed by atoms with Gasteiger partial charge < -0.3 is 0 Å². The summed E-state index contributed by atoms with van der Waals surface area (Å²) in [5, 5.41) is 8.71. The highest BCUT2D eigenvalue weighted by Gasteiger charge is 2.01. The maximum absolute atomic E-state index is 13.1. The summed E-state index contributed by atoms with van der Waals surface area (Å²) in [4.78, 5) is 10.7. The molecule has 0 aliphatic carbocycles. The molecule has 0 bridgehead atoms. The van der Waals surface area contributed by atoms with Gasteiger partial charge >= 0.3 is 0 Å². The fourth-order valence-electron chi connectivity index (χ4n) is 1.31. The van der Waals surface area contributed by atoms with E-state index >= 15 is 0 Å². The SMILES string of the molecule is CC(=O)SCCC#Cc1cc(F)ccc1CC#N. The number of rotatable bonds is 3. The zero-order chi connectivity index (χ0) is 13.4. The lowest BCUT2D eigenvalue weighted by Crippen LogP contribution is -1.90. The molecular weight excluding hydrogens is 249 g/mol. The Kier molecular flexibility index (Phi) is 5.97. The van der Waals surface area contributed by atoms with Gasteiger partial charge in [-0.1, -0.05) is 29.7 Å². The normalized spacial score (nSPS) is 9.17. The van der Waals surface area contributed by atoms with Crippen molar-refractivity contribution in [1.82, 2.24) is 0 Å². The fourth-order valence-corrected chi connectivity index (χ4v) is 1.80. The number of hydrogen-bond acceptors (Lipinski definition) is 3. The molecule has 0 amide bonds. The molecular formula is C14H12FNOS. The Morgan fingerprint density at radius 2 is 2.28 bits per heavy atom. The Morgan fingerprint density at radius 1 is 1.50 bits per heavy atom. The molecule has 18 heavy (non-hydrogen) atoms. The van der Waals surface area contributed by atoms with E-state index < -0.39 is 0 Å². The van der Waals surface area contributed by atoms with Gasteiger partial charge in [-0.2, -0.15) is 5.26 Å². The maximum Gasteiger partial charge on any atom is 0.185 e. The second-order valence-electron chi connectivity index (χ2n) is 3.53. The van der Waals surface area contributed by atoms with Gasteiger partial charge in [0, 0.05) is 24.7 Å². The van der Waals surface area contributed by atoms with E-state index in [-0.39, 0.29) is 17.4 Å². The number of carbonyl (C=O) groups is 1. The first-order valence-corrected chi connectivity index (χ1v) is 6.39. The van der Waals surface area contributed by atoms with Gasteiger partial charge in [0.1, 0.15) is 5.82 Å². The summed E-state index contributed by atoms with van der Waals surface area (Å²) < 4.78 is 13.1. The van der Waals surface area contributed by atoms with E-state index in [2.05, 4.69) is 11.8 Å². The Hall–Kier alpha value is -1.78. The van der Waals surface area contributed by atoms with Crippen LogP contribution in [0.5, 0.6) is 0 Å². The lowest BCUT2D eigenvalue weighted by molar-refractivity contribution is -0.109. The first kappa shape index (κ1) is 14.3. The minimum Gasteiger partial charge on any atom is -0.288 e. The minimum absolute atomic E-state index is 0.0627. The molecule has 0 spiro atoms. The maximum atomic E-state index is 13.1. The summed E-state index contributed by atoms with van der Waals surface area (Å²) in [6.07, 6.45) is 0.777. The van der Waals surface area contributed by atoms with E-state index in [0.29, 0.717) is 17.7 Å². The van der Waals surface area contributed by atoms with Crippen LogP contribution in [-0.4, -0.2) is 10.9 Å². The van der Waals surface area contributed by atoms with Crippen LogP contribution in [0.4, 0.5) is 4.39 Å². The summed E-state index contributed by atoms with van der Waals surface area (Å²) in [7, 11) is 0. The molecule has 0 saturated carbocycles. The number of hydrogen-bond donors (Lipinski definition) is 0. The van der Waals surface area contributed by atoms with Crippen molar-refractivity contribution in [1.29, 1.82) is 5.26 Å². The van der Waals surface area contributed by atoms with Crippen LogP contribution in [0.3, 0.4) is 0 Å². The summed E-state index contributed by atoms with van der Waals surface area (Å²) in [5.74, 6) is 6.00. The summed E-state index contributed by atoms with van der Waals surface area (Å²) >= 11 is 1.22. The molecule has 0 saturated heterocycles. The Morgan fingerprint density at radius 3 is 2.94 bits per heavy atom. The van der Waals surface area contributed by atoms with E-state index in [4.69, 9.17) is 5.26 Å². The molecule has 0 atom stereocenters. The molecule has 0 heterocycles. The van der Waals surface area contributed by atoms with Crippen molar-refractivity contribution in [3.8, 4) is 17.9 Å². The number of carbonyl (C=O) groups excluding carboxylic acids is 1. The van der Waals surface area contributed by atoms with Crippen LogP contribution >= 0.6 is 11.8 Å². The number of nitrogens with zero attached hydrogens (tertiary/aromatic N) is 1. The van der Waals surface area contributed by atoms with Crippen LogP contribution in [0.2, 0.25) is 0 Å². The standard InChI is InChI=1S/C14H12FNOS/c1-11(17)18-9-3-2-4-13-10-14(15)6-5-12(13)7-8-16/h5-6,10H,3,7,9H2,1H3. The molecule has 0 fully saturated rings. The zero-order valence-electron chi connectivity index (χ0n) is 10.00. The average molecular weight is 261 g/mol. The number of thioether (sulfide) groups is 1. The van der Waals surface area contributed by atoms with Crippen LogP contribution in [-0.2, 0) is 11.2 Å². The fraction of sp³-hybridized carbons (Fsp3) is 0.286. The van der Waals surface area contributed by atoms with Crippen molar-refractivity contribution in [2.24, 2.45) is 0 Å². The number of benzene rings is 1. The molecule has 0 N–H and O–H groups in total. The smallest absolute Gasteiger partial charge is 0.185 e. The van der Waals surface area contributed by atoms with Crippen LogP contribution < -0.4 is 0 Å². The van der Waals surface area contributed by atoms with Crippen molar-refractivity contribution < 1.29 is 9.18 Å². The molecule has 1 aromatic carbocycles. The molecule has 0 radical (unpaired) electrons. The number of nitriles is 1. The third kappa shape index (κ3) is 5.03. The monoisotopic (exact) mass is 261 g/mol. The Labute approximate surface area is 110 Å².